The molecule has 0 aromatic rings. The van der Waals surface area contributed by atoms with E-state index >= 15 is 0 Å². The molecule has 168 valence electrons. The van der Waals surface area contributed by atoms with Gasteiger partial charge in [-0.1, -0.05) is 19.3 Å². The lowest BCUT2D eigenvalue weighted by Gasteiger charge is -2.42. The fourth-order valence-electron chi connectivity index (χ4n) is 3.44. The Morgan fingerprint density at radius 3 is 1.75 bits per heavy atom. The molecule has 28 heavy (non-hydrogen) atoms. The minimum absolute atomic E-state index is 0.00741. The quantitative estimate of drug-likeness (QED) is 0.475. The Hall–Kier alpha value is -0.640. The first-order chi connectivity index (χ1) is 12.6. The van der Waals surface area contributed by atoms with Gasteiger partial charge in [0.15, 0.2) is 0 Å². The smallest absolute Gasteiger partial charge is 0.400 e. The maximum absolute atomic E-state index is 14.0. The predicted molar refractivity (Wildman–Crippen MR) is 85.1 cm³/mol. The average Bonchev–Trinajstić information content (AvgIpc) is 2.61. The minimum atomic E-state index is -7.00. The molecular formula is C13H21F6NO6S2. The van der Waals surface area contributed by atoms with Crippen LogP contribution in [0, 0.1) is 11.8 Å². The van der Waals surface area contributed by atoms with Crippen molar-refractivity contribution in [2.45, 2.75) is 48.5 Å². The second-order valence-electron chi connectivity index (χ2n) is 6.54. The third-order valence-corrected chi connectivity index (χ3v) is 7.79. The molecule has 2 aliphatic rings. The SMILES string of the molecule is CO.O=S(=O)(O)C(F)(F)C(F)(F)C(F)(F)S(=O)(=O)N1CCC2CCCCC2C1. The van der Waals surface area contributed by atoms with Crippen LogP contribution in [0.1, 0.15) is 32.1 Å². The molecule has 0 amide bonds. The van der Waals surface area contributed by atoms with Crippen LogP contribution in [0.4, 0.5) is 26.3 Å². The fourth-order valence-corrected chi connectivity index (χ4v) is 5.47. The van der Waals surface area contributed by atoms with Gasteiger partial charge in [0.25, 0.3) is 10.0 Å². The highest BCUT2D eigenvalue weighted by molar-refractivity contribution is 7.90. The van der Waals surface area contributed by atoms with Crippen LogP contribution in [-0.4, -0.2) is 67.4 Å². The lowest BCUT2D eigenvalue weighted by molar-refractivity contribution is -0.247. The molecule has 1 heterocycles. The number of hydrogen-bond donors (Lipinski definition) is 2. The Labute approximate surface area is 158 Å². The molecule has 7 nitrogen and oxygen atoms in total. The molecule has 2 N–H and O–H groups in total. The van der Waals surface area contributed by atoms with Crippen molar-refractivity contribution >= 4 is 20.1 Å². The molecule has 1 aliphatic heterocycles. The molecule has 0 aromatic heterocycles. The van der Waals surface area contributed by atoms with E-state index in [1.807, 2.05) is 0 Å². The molecule has 2 atom stereocenters. The number of nitrogens with zero attached hydrogens (tertiary/aromatic N) is 1. The Morgan fingerprint density at radius 2 is 1.29 bits per heavy atom. The normalized spacial score (nSPS) is 25.5. The van der Waals surface area contributed by atoms with Crippen molar-refractivity contribution in [3.05, 3.63) is 0 Å². The number of alkyl halides is 6. The Morgan fingerprint density at radius 1 is 0.821 bits per heavy atom. The second kappa shape index (κ2) is 8.24. The topological polar surface area (TPSA) is 112 Å². The molecule has 1 aliphatic carbocycles. The van der Waals surface area contributed by atoms with Crippen LogP contribution in [0.25, 0.3) is 0 Å². The largest absolute Gasteiger partial charge is 0.439 e. The maximum atomic E-state index is 14.0. The molecule has 1 saturated carbocycles. The van der Waals surface area contributed by atoms with E-state index in [0.717, 1.165) is 20.0 Å². The first-order valence-corrected chi connectivity index (χ1v) is 11.0. The maximum Gasteiger partial charge on any atom is 0.439 e. The fraction of sp³-hybridized carbons (Fsp3) is 1.00. The molecule has 0 spiro atoms. The summed E-state index contributed by atoms with van der Waals surface area (Å²) in [6.07, 6.45) is 2.89. The summed E-state index contributed by atoms with van der Waals surface area (Å²) < 4.78 is 135. The predicted octanol–water partition coefficient (Wildman–Crippen LogP) is 2.15. The van der Waals surface area contributed by atoms with Crippen LogP contribution >= 0.6 is 0 Å². The number of aliphatic hydroxyl groups excluding tert-OH is 1. The van der Waals surface area contributed by atoms with E-state index in [1.54, 1.807) is 0 Å². The van der Waals surface area contributed by atoms with Crippen molar-refractivity contribution in [2.24, 2.45) is 11.8 Å². The summed E-state index contributed by atoms with van der Waals surface area (Å²) in [4.78, 5) is 0. The van der Waals surface area contributed by atoms with Crippen molar-refractivity contribution in [1.29, 1.82) is 0 Å². The average molecular weight is 465 g/mol. The Bertz CT molecular complexity index is 757. The van der Waals surface area contributed by atoms with Gasteiger partial charge in [0, 0.05) is 20.2 Å². The molecule has 15 heteroatoms. The number of rotatable bonds is 5. The molecule has 0 bridgehead atoms. The first kappa shape index (κ1) is 25.4. The van der Waals surface area contributed by atoms with Crippen LogP contribution in [-0.2, 0) is 20.1 Å². The Balaban J connectivity index is 0.00000190. The van der Waals surface area contributed by atoms with Gasteiger partial charge in [0.1, 0.15) is 0 Å². The van der Waals surface area contributed by atoms with E-state index in [-0.39, 0.29) is 22.6 Å². The number of fused-ring (bicyclic) bond motifs is 1. The van der Waals surface area contributed by atoms with Crippen LogP contribution in [0.3, 0.4) is 0 Å². The summed E-state index contributed by atoms with van der Waals surface area (Å²) in [5.41, 5.74) is 0. The summed E-state index contributed by atoms with van der Waals surface area (Å²) in [5, 5.41) is -6.14. The zero-order valence-electron chi connectivity index (χ0n) is 14.7. The van der Waals surface area contributed by atoms with E-state index in [1.165, 1.54) is 0 Å². The van der Waals surface area contributed by atoms with Crippen molar-refractivity contribution in [3.63, 3.8) is 0 Å². The second-order valence-corrected chi connectivity index (χ2v) is 9.98. The van der Waals surface area contributed by atoms with E-state index in [9.17, 15) is 43.2 Å². The van der Waals surface area contributed by atoms with E-state index in [0.29, 0.717) is 12.8 Å². The third kappa shape index (κ3) is 4.00. The molecular weight excluding hydrogens is 444 g/mol. The number of sulfonamides is 1. The summed E-state index contributed by atoms with van der Waals surface area (Å²) in [5.74, 6) is -7.21. The lowest BCUT2D eigenvalue weighted by atomic mass is 9.76. The summed E-state index contributed by atoms with van der Waals surface area (Å²) in [6, 6.07) is 0. The van der Waals surface area contributed by atoms with E-state index < -0.39 is 49.7 Å². The zero-order valence-corrected chi connectivity index (χ0v) is 16.3. The van der Waals surface area contributed by atoms with Gasteiger partial charge in [0.05, 0.1) is 0 Å². The van der Waals surface area contributed by atoms with Crippen molar-refractivity contribution < 1.29 is 52.8 Å². The van der Waals surface area contributed by atoms with Crippen LogP contribution < -0.4 is 0 Å². The van der Waals surface area contributed by atoms with Gasteiger partial charge in [-0.15, -0.1) is 0 Å². The van der Waals surface area contributed by atoms with Crippen molar-refractivity contribution in [2.75, 3.05) is 20.2 Å². The molecule has 0 radical (unpaired) electrons. The summed E-state index contributed by atoms with van der Waals surface area (Å²) in [7, 11) is -12.3. The van der Waals surface area contributed by atoms with E-state index in [2.05, 4.69) is 0 Å². The highest BCUT2D eigenvalue weighted by atomic mass is 32.2. The number of halogens is 6. The lowest BCUT2D eigenvalue weighted by Crippen LogP contribution is -2.64. The van der Waals surface area contributed by atoms with Gasteiger partial charge in [-0.25, -0.2) is 8.42 Å². The molecule has 2 unspecified atom stereocenters. The number of aliphatic hydroxyl groups is 1. The minimum Gasteiger partial charge on any atom is -0.400 e. The zero-order chi connectivity index (χ0) is 22.2. The highest BCUT2D eigenvalue weighted by Gasteiger charge is 2.82. The number of hydrogen-bond acceptors (Lipinski definition) is 5. The molecule has 0 aromatic carbocycles. The van der Waals surface area contributed by atoms with Gasteiger partial charge in [-0.3, -0.25) is 4.55 Å². The van der Waals surface area contributed by atoms with Crippen molar-refractivity contribution in [1.82, 2.24) is 4.31 Å². The summed E-state index contributed by atoms with van der Waals surface area (Å²) >= 11 is 0. The molecule has 2 fully saturated rings. The first-order valence-electron chi connectivity index (χ1n) is 8.12. The van der Waals surface area contributed by atoms with Crippen LogP contribution in [0.2, 0.25) is 0 Å². The van der Waals surface area contributed by atoms with E-state index in [4.69, 9.17) is 9.66 Å². The molecule has 1 saturated heterocycles. The highest BCUT2D eigenvalue weighted by Crippen LogP contribution is 2.52. The third-order valence-electron chi connectivity index (χ3n) is 4.97. The van der Waals surface area contributed by atoms with Crippen molar-refractivity contribution in [3.8, 4) is 0 Å². The van der Waals surface area contributed by atoms with Crippen LogP contribution in [0.15, 0.2) is 0 Å². The Kier molecular flexibility index (Phi) is 7.47. The van der Waals surface area contributed by atoms with Gasteiger partial charge < -0.3 is 5.11 Å². The standard InChI is InChI=1S/C12H17F6NO5S2.CH4O/c13-10(14,12(17,18)26(22,23)24)11(15,16)25(20,21)19-6-5-8-3-1-2-4-9(8)7-19;1-2/h8-9H,1-7H2,(H,22,23,24);2H,1H3. The van der Waals surface area contributed by atoms with Gasteiger partial charge in [0.2, 0.25) is 0 Å². The summed E-state index contributed by atoms with van der Waals surface area (Å²) in [6.45, 7) is -1.09. The van der Waals surface area contributed by atoms with Gasteiger partial charge in [-0.05, 0) is 24.7 Å². The van der Waals surface area contributed by atoms with Gasteiger partial charge >= 0.3 is 26.5 Å². The molecule has 2 rings (SSSR count). The number of piperidine rings is 1. The van der Waals surface area contributed by atoms with Gasteiger partial charge in [-0.2, -0.15) is 39.1 Å². The van der Waals surface area contributed by atoms with Crippen LogP contribution in [0.5, 0.6) is 0 Å². The monoisotopic (exact) mass is 465 g/mol.